The lowest BCUT2D eigenvalue weighted by Gasteiger charge is -2.37. The molecule has 0 spiro atoms. The monoisotopic (exact) mass is 516 g/mol. The van der Waals surface area contributed by atoms with Crippen molar-refractivity contribution in [2.24, 2.45) is 0 Å². The number of imidazole rings is 1. The van der Waals surface area contributed by atoms with Gasteiger partial charge in [-0.3, -0.25) is 9.47 Å². The van der Waals surface area contributed by atoms with E-state index in [0.717, 1.165) is 66.2 Å². The Balaban J connectivity index is 1.38. The van der Waals surface area contributed by atoms with Gasteiger partial charge in [-0.25, -0.2) is 15.0 Å². The number of pyridine rings is 2. The van der Waals surface area contributed by atoms with Crippen molar-refractivity contribution in [1.29, 1.82) is 5.26 Å². The molecule has 2 aliphatic heterocycles. The molecule has 8 nitrogen and oxygen atoms in total. The summed E-state index contributed by atoms with van der Waals surface area (Å²) in [5.74, 6) is 1.14. The molecule has 2 saturated heterocycles. The van der Waals surface area contributed by atoms with E-state index >= 15 is 0 Å². The number of nitrogen functional groups attached to an aromatic ring is 1. The van der Waals surface area contributed by atoms with E-state index in [9.17, 15) is 5.26 Å². The molecule has 196 valence electrons. The van der Waals surface area contributed by atoms with Crippen LogP contribution in [0.15, 0.2) is 73.0 Å². The summed E-state index contributed by atoms with van der Waals surface area (Å²) in [5, 5.41) is 9.48. The number of nitrogens with zero attached hydrogens (tertiary/aromatic N) is 7. The Bertz CT molecular complexity index is 1590. The van der Waals surface area contributed by atoms with Crippen LogP contribution < -0.4 is 5.73 Å². The Morgan fingerprint density at radius 3 is 2.49 bits per heavy atom. The molecule has 6 rings (SSSR count). The quantitative estimate of drug-likeness (QED) is 0.279. The second-order valence-electron chi connectivity index (χ2n) is 10.2. The van der Waals surface area contributed by atoms with Gasteiger partial charge in [0.15, 0.2) is 17.7 Å². The van der Waals surface area contributed by atoms with Crippen molar-refractivity contribution in [3.8, 4) is 23.3 Å². The molecule has 2 bridgehead atoms. The topological polar surface area (TPSA) is 99.9 Å². The van der Waals surface area contributed by atoms with Crippen LogP contribution in [0.3, 0.4) is 0 Å². The summed E-state index contributed by atoms with van der Waals surface area (Å²) in [7, 11) is 0. The number of hydrogen-bond donors (Lipinski definition) is 1. The second-order valence-corrected chi connectivity index (χ2v) is 10.2. The average Bonchev–Trinajstić information content (AvgIpc) is 3.45. The van der Waals surface area contributed by atoms with Crippen molar-refractivity contribution in [3.05, 3.63) is 84.2 Å². The first-order valence-electron chi connectivity index (χ1n) is 13.5. The van der Waals surface area contributed by atoms with Crippen LogP contribution in [-0.4, -0.2) is 54.5 Å². The van der Waals surface area contributed by atoms with Gasteiger partial charge in [-0.05, 0) is 74.2 Å². The lowest BCUT2D eigenvalue weighted by atomic mass is 10.1. The van der Waals surface area contributed by atoms with Crippen molar-refractivity contribution in [2.45, 2.75) is 45.3 Å². The molecule has 0 amide bonds. The molecule has 4 aromatic rings. The predicted octanol–water partition coefficient (Wildman–Crippen LogP) is 5.17. The number of anilines is 1. The van der Waals surface area contributed by atoms with Crippen LogP contribution in [0, 0.1) is 11.5 Å². The highest BCUT2D eigenvalue weighted by Gasteiger charge is 2.39. The highest BCUT2D eigenvalue weighted by Crippen LogP contribution is 2.32. The van der Waals surface area contributed by atoms with E-state index in [2.05, 4.69) is 57.1 Å². The molecule has 2 atom stereocenters. The molecule has 2 fully saturated rings. The average molecular weight is 517 g/mol. The number of rotatable bonds is 6. The first kappa shape index (κ1) is 24.8. The number of nitriles is 1. The summed E-state index contributed by atoms with van der Waals surface area (Å²) in [4.78, 5) is 18.8. The van der Waals surface area contributed by atoms with Gasteiger partial charge < -0.3 is 10.6 Å². The van der Waals surface area contributed by atoms with Gasteiger partial charge in [0.2, 0.25) is 0 Å². The first-order valence-corrected chi connectivity index (χ1v) is 13.5. The summed E-state index contributed by atoms with van der Waals surface area (Å²) >= 11 is 0. The van der Waals surface area contributed by atoms with Gasteiger partial charge in [-0.1, -0.05) is 30.4 Å². The van der Waals surface area contributed by atoms with E-state index in [0.29, 0.717) is 23.7 Å². The zero-order chi connectivity index (χ0) is 26.9. The molecular weight excluding hydrogens is 484 g/mol. The number of likely N-dealkylation sites (tertiary alicyclic amines) is 1. The van der Waals surface area contributed by atoms with Crippen LogP contribution in [0.25, 0.3) is 33.8 Å². The highest BCUT2D eigenvalue weighted by atomic mass is 15.3. The fourth-order valence-corrected chi connectivity index (χ4v) is 5.95. The Labute approximate surface area is 228 Å². The van der Waals surface area contributed by atoms with Gasteiger partial charge in [0, 0.05) is 31.5 Å². The molecule has 0 radical (unpaired) electrons. The van der Waals surface area contributed by atoms with Crippen LogP contribution in [0.4, 0.5) is 5.82 Å². The van der Waals surface area contributed by atoms with E-state index in [4.69, 9.17) is 15.7 Å². The summed E-state index contributed by atoms with van der Waals surface area (Å²) in [6.45, 7) is 6.77. The fraction of sp³-hybridized carbons (Fsp3) is 0.290. The lowest BCUT2D eigenvalue weighted by Crippen LogP contribution is -2.51. The molecule has 0 aliphatic carbocycles. The van der Waals surface area contributed by atoms with Crippen LogP contribution in [-0.2, 0) is 6.54 Å². The largest absolute Gasteiger partial charge is 0.383 e. The molecule has 2 aliphatic rings. The Morgan fingerprint density at radius 2 is 1.82 bits per heavy atom. The van der Waals surface area contributed by atoms with Gasteiger partial charge in [0.25, 0.3) is 0 Å². The molecule has 1 aromatic carbocycles. The highest BCUT2D eigenvalue weighted by molar-refractivity contribution is 5.85. The SMILES string of the molecule is C/C=C\C(=C/C)c1ccc2nc(-c3cccnc3N)n(-c3ccc(CN4CC5CCC(C4)N5C#N)cc3)c2n1. The third kappa shape index (κ3) is 4.55. The van der Waals surface area contributed by atoms with Crippen LogP contribution in [0.5, 0.6) is 0 Å². The molecule has 5 heterocycles. The number of aromatic nitrogens is 4. The Hall–Kier alpha value is -4.48. The number of piperazine rings is 1. The molecule has 39 heavy (non-hydrogen) atoms. The van der Waals surface area contributed by atoms with E-state index < -0.39 is 0 Å². The number of allylic oxidation sites excluding steroid dienone is 4. The first-order chi connectivity index (χ1) is 19.1. The van der Waals surface area contributed by atoms with E-state index in [1.165, 1.54) is 5.56 Å². The number of hydrogen-bond acceptors (Lipinski definition) is 7. The van der Waals surface area contributed by atoms with Crippen LogP contribution >= 0.6 is 0 Å². The number of benzene rings is 1. The van der Waals surface area contributed by atoms with Crippen molar-refractivity contribution >= 4 is 22.6 Å². The molecule has 2 N–H and O–H groups in total. The third-order valence-electron chi connectivity index (χ3n) is 7.81. The predicted molar refractivity (Wildman–Crippen MR) is 155 cm³/mol. The summed E-state index contributed by atoms with van der Waals surface area (Å²) in [6.07, 6.45) is 12.5. The van der Waals surface area contributed by atoms with Gasteiger partial charge in [-0.15, -0.1) is 0 Å². The van der Waals surface area contributed by atoms with Gasteiger partial charge in [0.1, 0.15) is 11.3 Å². The van der Waals surface area contributed by atoms with E-state index in [1.54, 1.807) is 6.20 Å². The maximum Gasteiger partial charge on any atom is 0.179 e. The Kier molecular flexibility index (Phi) is 6.59. The summed E-state index contributed by atoms with van der Waals surface area (Å²) in [5.41, 5.74) is 12.8. The summed E-state index contributed by atoms with van der Waals surface area (Å²) < 4.78 is 2.07. The van der Waals surface area contributed by atoms with E-state index in [-0.39, 0.29) is 0 Å². The maximum atomic E-state index is 9.48. The summed E-state index contributed by atoms with van der Waals surface area (Å²) in [6, 6.07) is 17.2. The van der Waals surface area contributed by atoms with Crippen LogP contribution in [0.1, 0.15) is 37.9 Å². The van der Waals surface area contributed by atoms with Crippen molar-refractivity contribution in [2.75, 3.05) is 18.8 Å². The van der Waals surface area contributed by atoms with Gasteiger partial charge in [0.05, 0.1) is 23.3 Å². The van der Waals surface area contributed by atoms with Crippen molar-refractivity contribution in [3.63, 3.8) is 0 Å². The smallest absolute Gasteiger partial charge is 0.179 e. The maximum absolute atomic E-state index is 9.48. The normalized spacial score (nSPS) is 19.7. The molecule has 0 saturated carbocycles. The van der Waals surface area contributed by atoms with E-state index in [1.807, 2.05) is 49.1 Å². The third-order valence-corrected chi connectivity index (χ3v) is 7.81. The van der Waals surface area contributed by atoms with Crippen LogP contribution in [0.2, 0.25) is 0 Å². The van der Waals surface area contributed by atoms with Gasteiger partial charge >= 0.3 is 0 Å². The molecule has 8 heteroatoms. The second kappa shape index (κ2) is 10.4. The minimum Gasteiger partial charge on any atom is -0.383 e. The van der Waals surface area contributed by atoms with Crippen molar-refractivity contribution < 1.29 is 0 Å². The fourth-order valence-electron chi connectivity index (χ4n) is 5.95. The Morgan fingerprint density at radius 1 is 1.05 bits per heavy atom. The number of nitrogens with two attached hydrogens (primary N) is 1. The zero-order valence-electron chi connectivity index (χ0n) is 22.3. The van der Waals surface area contributed by atoms with Crippen molar-refractivity contribution in [1.82, 2.24) is 29.3 Å². The standard InChI is InChI=1S/C31H32N8/c1-3-6-22(4-2)27-14-15-28-31(35-27)39(30(36-28)26-7-5-16-34-29(26)33)23-10-8-21(9-11-23)17-37-18-24-12-13-25(19-37)38(24)20-32/h3-11,14-16,24-25H,12-13,17-19H2,1-2H3,(H2,33,34)/b6-3-,22-4+. The molecule has 3 aromatic heterocycles. The molecule has 2 unspecified atom stereocenters. The minimum absolute atomic E-state index is 0.350. The zero-order valence-corrected chi connectivity index (χ0v) is 22.3. The molecular formula is C31H32N8. The minimum atomic E-state index is 0.350. The lowest BCUT2D eigenvalue weighted by molar-refractivity contribution is 0.106. The van der Waals surface area contributed by atoms with Gasteiger partial charge in [-0.2, -0.15) is 5.26 Å². The number of fused-ring (bicyclic) bond motifs is 3.